The molecular formula is C58H41NSi. The number of hydrogen-bond donors (Lipinski definition) is 0. The van der Waals surface area contributed by atoms with Crippen molar-refractivity contribution in [1.29, 1.82) is 0 Å². The summed E-state index contributed by atoms with van der Waals surface area (Å²) in [6.07, 6.45) is 0. The minimum atomic E-state index is -2.83. The number of nitrogens with zero attached hydrogens (tertiary/aromatic N) is 1. The lowest BCUT2D eigenvalue weighted by atomic mass is 9.97. The molecule has 0 unspecified atom stereocenters. The van der Waals surface area contributed by atoms with Crippen LogP contribution in [0.5, 0.6) is 0 Å². The van der Waals surface area contributed by atoms with Gasteiger partial charge in [0.15, 0.2) is 8.07 Å². The molecule has 60 heavy (non-hydrogen) atoms. The van der Waals surface area contributed by atoms with Gasteiger partial charge in [-0.2, -0.15) is 0 Å². The molecule has 0 saturated carbocycles. The van der Waals surface area contributed by atoms with E-state index in [-0.39, 0.29) is 0 Å². The van der Waals surface area contributed by atoms with Crippen molar-refractivity contribution >= 4 is 56.7 Å². The van der Waals surface area contributed by atoms with Crippen molar-refractivity contribution in [3.63, 3.8) is 0 Å². The molecule has 2 heteroatoms. The van der Waals surface area contributed by atoms with Crippen LogP contribution >= 0.6 is 0 Å². The van der Waals surface area contributed by atoms with Crippen LogP contribution in [0.3, 0.4) is 0 Å². The van der Waals surface area contributed by atoms with E-state index in [1.54, 1.807) is 0 Å². The lowest BCUT2D eigenvalue weighted by molar-refractivity contribution is 1.28. The summed E-state index contributed by atoms with van der Waals surface area (Å²) in [5.74, 6) is 0. The summed E-state index contributed by atoms with van der Waals surface area (Å²) in [5, 5.41) is 8.26. The molecule has 0 bridgehead atoms. The summed E-state index contributed by atoms with van der Waals surface area (Å²) < 4.78 is 0. The van der Waals surface area contributed by atoms with Crippen LogP contribution in [0.2, 0.25) is 0 Å². The zero-order valence-corrected chi connectivity index (χ0v) is 34.1. The van der Waals surface area contributed by atoms with Crippen LogP contribution in [0.4, 0.5) is 17.1 Å². The van der Waals surface area contributed by atoms with Crippen LogP contribution in [0, 0.1) is 0 Å². The van der Waals surface area contributed by atoms with Gasteiger partial charge in [-0.1, -0.05) is 206 Å². The molecule has 1 aliphatic rings. The van der Waals surface area contributed by atoms with Crippen LogP contribution < -0.4 is 25.6 Å². The van der Waals surface area contributed by atoms with Crippen molar-refractivity contribution in [3.8, 4) is 44.5 Å². The molecule has 0 saturated heterocycles. The third kappa shape index (κ3) is 6.00. The standard InChI is InChI=1S/C58H41NSi/c1-5-18-42(19-6-1)43-34-36-44(37-35-43)45-22-15-26-50(38-45)59(49-24-7-2-8-25-49)51-27-16-23-48(39-51)54-32-17-33-55-56-40-46-20-13-14-21-47(46)41-57(56)60(58(54)55,52-28-9-3-10-29-52)53-30-11-4-12-31-53/h1-41H. The Hall–Kier alpha value is -7.52. The molecular weight excluding hydrogens is 739 g/mol. The molecule has 282 valence electrons. The van der Waals surface area contributed by atoms with E-state index in [4.69, 9.17) is 0 Å². The fourth-order valence-electron chi connectivity index (χ4n) is 9.62. The zero-order chi connectivity index (χ0) is 39.9. The van der Waals surface area contributed by atoms with Gasteiger partial charge in [0, 0.05) is 17.1 Å². The first-order valence-electron chi connectivity index (χ1n) is 20.8. The Balaban J connectivity index is 1.09. The molecule has 1 aliphatic heterocycles. The first-order chi connectivity index (χ1) is 29.8. The average Bonchev–Trinajstić information content (AvgIpc) is 3.62. The highest BCUT2D eigenvalue weighted by molar-refractivity contribution is 7.22. The smallest absolute Gasteiger partial charge is 0.181 e. The predicted octanol–water partition coefficient (Wildman–Crippen LogP) is 12.7. The van der Waals surface area contributed by atoms with Crippen LogP contribution in [-0.2, 0) is 0 Å². The second-order valence-corrected chi connectivity index (χ2v) is 19.4. The molecule has 0 fully saturated rings. The molecule has 10 aromatic carbocycles. The number of anilines is 3. The molecule has 0 aromatic heterocycles. The minimum absolute atomic E-state index is 1.11. The molecule has 1 nitrogen and oxygen atoms in total. The van der Waals surface area contributed by atoms with E-state index in [9.17, 15) is 0 Å². The third-order valence-electron chi connectivity index (χ3n) is 12.3. The Kier molecular flexibility index (Phi) is 8.91. The maximum atomic E-state index is 2.51. The first kappa shape index (κ1) is 35.6. The molecule has 10 aromatic rings. The van der Waals surface area contributed by atoms with Crippen molar-refractivity contribution in [3.05, 3.63) is 249 Å². The number of para-hydroxylation sites is 1. The second-order valence-electron chi connectivity index (χ2n) is 15.7. The van der Waals surface area contributed by atoms with E-state index in [2.05, 4.69) is 254 Å². The van der Waals surface area contributed by atoms with Gasteiger partial charge in [0.1, 0.15) is 0 Å². The van der Waals surface area contributed by atoms with Gasteiger partial charge in [0.25, 0.3) is 0 Å². The van der Waals surface area contributed by atoms with Crippen LogP contribution in [0.1, 0.15) is 0 Å². The Morgan fingerprint density at radius 2 is 0.700 bits per heavy atom. The Bertz CT molecular complexity index is 3080. The highest BCUT2D eigenvalue weighted by Crippen LogP contribution is 2.40. The van der Waals surface area contributed by atoms with E-state index in [0.717, 1.165) is 17.1 Å². The molecule has 0 amide bonds. The molecule has 0 aliphatic carbocycles. The van der Waals surface area contributed by atoms with Crippen molar-refractivity contribution in [2.75, 3.05) is 4.90 Å². The molecule has 0 radical (unpaired) electrons. The van der Waals surface area contributed by atoms with Gasteiger partial charge in [0.05, 0.1) is 0 Å². The molecule has 0 N–H and O–H groups in total. The number of fused-ring (bicyclic) bond motifs is 4. The maximum absolute atomic E-state index is 2.83. The second kappa shape index (κ2) is 15.0. The first-order valence-corrected chi connectivity index (χ1v) is 22.8. The normalized spacial score (nSPS) is 12.5. The molecule has 1 heterocycles. The fourth-order valence-corrected chi connectivity index (χ4v) is 15.0. The van der Waals surface area contributed by atoms with Gasteiger partial charge in [-0.25, -0.2) is 0 Å². The zero-order valence-electron chi connectivity index (χ0n) is 33.1. The van der Waals surface area contributed by atoms with Gasteiger partial charge >= 0.3 is 0 Å². The largest absolute Gasteiger partial charge is 0.310 e. The SMILES string of the molecule is c1ccc(-c2ccc(-c3cccc(N(c4ccccc4)c4cccc(-c5cccc6c5[Si](c5ccccc5)(c5ccccc5)c5cc7ccccc7cc5-6)c4)c3)cc2)cc1. The van der Waals surface area contributed by atoms with Gasteiger partial charge < -0.3 is 4.90 Å². The monoisotopic (exact) mass is 779 g/mol. The minimum Gasteiger partial charge on any atom is -0.310 e. The van der Waals surface area contributed by atoms with Crippen molar-refractivity contribution in [2.45, 2.75) is 0 Å². The predicted molar refractivity (Wildman–Crippen MR) is 258 cm³/mol. The lowest BCUT2D eigenvalue weighted by Crippen LogP contribution is -2.73. The fraction of sp³-hybridized carbons (Fsp3) is 0. The van der Waals surface area contributed by atoms with Gasteiger partial charge in [-0.15, -0.1) is 0 Å². The van der Waals surface area contributed by atoms with Gasteiger partial charge in [-0.3, -0.25) is 0 Å². The Morgan fingerprint density at radius 1 is 0.267 bits per heavy atom. The van der Waals surface area contributed by atoms with Crippen molar-refractivity contribution < 1.29 is 0 Å². The van der Waals surface area contributed by atoms with E-state index in [0.29, 0.717) is 0 Å². The summed E-state index contributed by atoms with van der Waals surface area (Å²) in [7, 11) is -2.83. The Labute approximate surface area is 353 Å². The summed E-state index contributed by atoms with van der Waals surface area (Å²) in [5.41, 5.74) is 13.3. The molecule has 0 atom stereocenters. The van der Waals surface area contributed by atoms with E-state index < -0.39 is 8.07 Å². The topological polar surface area (TPSA) is 3.24 Å². The van der Waals surface area contributed by atoms with Crippen molar-refractivity contribution in [1.82, 2.24) is 0 Å². The maximum Gasteiger partial charge on any atom is 0.181 e. The summed E-state index contributed by atoms with van der Waals surface area (Å²) >= 11 is 0. The lowest BCUT2D eigenvalue weighted by Gasteiger charge is -2.33. The van der Waals surface area contributed by atoms with Crippen molar-refractivity contribution in [2.24, 2.45) is 0 Å². The summed E-state index contributed by atoms with van der Waals surface area (Å²) in [6, 6.07) is 91.9. The number of benzene rings is 10. The van der Waals surface area contributed by atoms with E-state index in [1.807, 2.05) is 0 Å². The average molecular weight is 780 g/mol. The highest BCUT2D eigenvalue weighted by atomic mass is 28.3. The van der Waals surface area contributed by atoms with Crippen LogP contribution in [0.25, 0.3) is 55.3 Å². The number of hydrogen-bond acceptors (Lipinski definition) is 1. The molecule has 0 spiro atoms. The van der Waals surface area contributed by atoms with Crippen LogP contribution in [-0.4, -0.2) is 8.07 Å². The third-order valence-corrected chi connectivity index (χ3v) is 17.2. The van der Waals surface area contributed by atoms with E-state index >= 15 is 0 Å². The highest BCUT2D eigenvalue weighted by Gasteiger charge is 2.50. The van der Waals surface area contributed by atoms with E-state index in [1.165, 1.54) is 76.0 Å². The summed E-state index contributed by atoms with van der Waals surface area (Å²) in [6.45, 7) is 0. The van der Waals surface area contributed by atoms with Gasteiger partial charge in [0.2, 0.25) is 0 Å². The number of rotatable bonds is 8. The summed E-state index contributed by atoms with van der Waals surface area (Å²) in [4.78, 5) is 2.40. The van der Waals surface area contributed by atoms with Gasteiger partial charge in [-0.05, 0) is 118 Å². The van der Waals surface area contributed by atoms with Crippen LogP contribution in [0.15, 0.2) is 249 Å². The molecule has 11 rings (SSSR count). The quantitative estimate of drug-likeness (QED) is 0.139. The Morgan fingerprint density at radius 3 is 1.33 bits per heavy atom.